The van der Waals surface area contributed by atoms with E-state index in [-0.39, 0.29) is 11.6 Å². The van der Waals surface area contributed by atoms with Crippen LogP contribution in [-0.2, 0) is 0 Å². The lowest BCUT2D eigenvalue weighted by Crippen LogP contribution is -2.19. The molecule has 0 N–H and O–H groups in total. The summed E-state index contributed by atoms with van der Waals surface area (Å²) in [6.45, 7) is 1.81. The Morgan fingerprint density at radius 3 is 2.60 bits per heavy atom. The fraction of sp³-hybridized carbons (Fsp3) is 0.455. The van der Waals surface area contributed by atoms with Crippen LogP contribution >= 0.6 is 11.6 Å². The third-order valence-electron chi connectivity index (χ3n) is 2.68. The monoisotopic (exact) mass is 229 g/mol. The van der Waals surface area contributed by atoms with Crippen LogP contribution < -0.4 is 9.64 Å². The topological polar surface area (TPSA) is 12.5 Å². The van der Waals surface area contributed by atoms with Crippen LogP contribution in [0.1, 0.15) is 12.8 Å². The van der Waals surface area contributed by atoms with Gasteiger partial charge in [-0.2, -0.15) is 0 Å². The average molecular weight is 230 g/mol. The molecular weight excluding hydrogens is 217 g/mol. The standard InChI is InChI=1S/C11H13ClFNO/c1-15-11-8(12)4-5-9(10(11)13)14-6-2-3-7-14/h4-5H,2-3,6-7H2,1H3. The van der Waals surface area contributed by atoms with Gasteiger partial charge in [-0.3, -0.25) is 0 Å². The smallest absolute Gasteiger partial charge is 0.189 e. The van der Waals surface area contributed by atoms with E-state index in [4.69, 9.17) is 16.3 Å². The molecule has 0 amide bonds. The normalized spacial score (nSPS) is 15.8. The SMILES string of the molecule is COc1c(Cl)ccc(N2CCCC2)c1F. The van der Waals surface area contributed by atoms with Crippen LogP contribution in [0.25, 0.3) is 0 Å². The molecule has 82 valence electrons. The summed E-state index contributed by atoms with van der Waals surface area (Å²) in [7, 11) is 1.43. The van der Waals surface area contributed by atoms with Crippen molar-refractivity contribution in [2.45, 2.75) is 12.8 Å². The van der Waals surface area contributed by atoms with E-state index in [1.165, 1.54) is 7.11 Å². The molecule has 0 bridgehead atoms. The van der Waals surface area contributed by atoms with Crippen molar-refractivity contribution in [3.8, 4) is 5.75 Å². The van der Waals surface area contributed by atoms with Crippen molar-refractivity contribution < 1.29 is 9.13 Å². The Morgan fingerprint density at radius 2 is 2.00 bits per heavy atom. The summed E-state index contributed by atoms with van der Waals surface area (Å²) in [5, 5.41) is 0.318. The predicted molar refractivity (Wildman–Crippen MR) is 59.4 cm³/mol. The fourth-order valence-electron chi connectivity index (χ4n) is 1.91. The highest BCUT2D eigenvalue weighted by Crippen LogP contribution is 2.35. The maximum atomic E-state index is 13.9. The van der Waals surface area contributed by atoms with E-state index >= 15 is 0 Å². The number of halogens is 2. The van der Waals surface area contributed by atoms with E-state index in [1.807, 2.05) is 4.90 Å². The predicted octanol–water partition coefficient (Wildman–Crippen LogP) is 3.09. The number of methoxy groups -OCH3 is 1. The Labute approximate surface area is 93.6 Å². The van der Waals surface area contributed by atoms with Gasteiger partial charge in [0.1, 0.15) is 0 Å². The van der Waals surface area contributed by atoms with Crippen LogP contribution in [0.2, 0.25) is 5.02 Å². The molecular formula is C11H13ClFNO. The van der Waals surface area contributed by atoms with Crippen molar-refractivity contribution in [3.63, 3.8) is 0 Å². The zero-order valence-electron chi connectivity index (χ0n) is 8.59. The third-order valence-corrected chi connectivity index (χ3v) is 2.98. The van der Waals surface area contributed by atoms with Crippen molar-refractivity contribution in [1.29, 1.82) is 0 Å². The van der Waals surface area contributed by atoms with E-state index in [0.717, 1.165) is 25.9 Å². The van der Waals surface area contributed by atoms with Gasteiger partial charge in [-0.05, 0) is 25.0 Å². The Morgan fingerprint density at radius 1 is 1.33 bits per heavy atom. The van der Waals surface area contributed by atoms with Crippen molar-refractivity contribution >= 4 is 17.3 Å². The summed E-state index contributed by atoms with van der Waals surface area (Å²) in [5.41, 5.74) is 0.591. The Hall–Kier alpha value is -0.960. The largest absolute Gasteiger partial charge is 0.492 e. The number of hydrogen-bond acceptors (Lipinski definition) is 2. The lowest BCUT2D eigenvalue weighted by atomic mass is 10.2. The first kappa shape index (κ1) is 10.6. The minimum atomic E-state index is -0.355. The summed E-state index contributed by atoms with van der Waals surface area (Å²) in [6.07, 6.45) is 2.23. The Bertz CT molecular complexity index is 364. The van der Waals surface area contributed by atoms with Crippen molar-refractivity contribution in [2.75, 3.05) is 25.1 Å². The molecule has 0 aromatic heterocycles. The molecule has 1 aliphatic rings. The average Bonchev–Trinajstić information content (AvgIpc) is 2.71. The summed E-state index contributed by atoms with van der Waals surface area (Å²) in [5.74, 6) is -0.215. The Kier molecular flexibility index (Phi) is 3.00. The highest BCUT2D eigenvalue weighted by Gasteiger charge is 2.20. The lowest BCUT2D eigenvalue weighted by molar-refractivity contribution is 0.387. The molecule has 1 aliphatic heterocycles. The zero-order chi connectivity index (χ0) is 10.8. The number of anilines is 1. The van der Waals surface area contributed by atoms with E-state index in [1.54, 1.807) is 12.1 Å². The first-order chi connectivity index (χ1) is 7.24. The highest BCUT2D eigenvalue weighted by molar-refractivity contribution is 6.32. The van der Waals surface area contributed by atoms with Crippen molar-refractivity contribution in [3.05, 3.63) is 23.0 Å². The maximum absolute atomic E-state index is 13.9. The molecule has 0 unspecified atom stereocenters. The van der Waals surface area contributed by atoms with Gasteiger partial charge in [0.05, 0.1) is 17.8 Å². The summed E-state index contributed by atoms with van der Waals surface area (Å²) < 4.78 is 18.9. The molecule has 1 heterocycles. The van der Waals surface area contributed by atoms with Crippen LogP contribution in [-0.4, -0.2) is 20.2 Å². The number of benzene rings is 1. The maximum Gasteiger partial charge on any atom is 0.189 e. The van der Waals surface area contributed by atoms with Gasteiger partial charge in [0.15, 0.2) is 11.6 Å². The summed E-state index contributed by atoms with van der Waals surface area (Å²) in [6, 6.07) is 3.39. The molecule has 1 fully saturated rings. The number of hydrogen-bond donors (Lipinski definition) is 0. The van der Waals surface area contributed by atoms with Gasteiger partial charge in [0.25, 0.3) is 0 Å². The van der Waals surface area contributed by atoms with Crippen LogP contribution in [0, 0.1) is 5.82 Å². The van der Waals surface area contributed by atoms with Crippen LogP contribution in [0.5, 0.6) is 5.75 Å². The molecule has 15 heavy (non-hydrogen) atoms. The quantitative estimate of drug-likeness (QED) is 0.773. The molecule has 4 heteroatoms. The second-order valence-corrected chi connectivity index (χ2v) is 4.02. The number of nitrogens with zero attached hydrogens (tertiary/aromatic N) is 1. The molecule has 0 spiro atoms. The van der Waals surface area contributed by atoms with Gasteiger partial charge in [0, 0.05) is 13.1 Å². The number of ether oxygens (including phenoxy) is 1. The van der Waals surface area contributed by atoms with Crippen LogP contribution in [0.4, 0.5) is 10.1 Å². The van der Waals surface area contributed by atoms with Gasteiger partial charge >= 0.3 is 0 Å². The van der Waals surface area contributed by atoms with Crippen LogP contribution in [0.15, 0.2) is 12.1 Å². The van der Waals surface area contributed by atoms with E-state index in [0.29, 0.717) is 10.7 Å². The van der Waals surface area contributed by atoms with Gasteiger partial charge in [-0.1, -0.05) is 11.6 Å². The fourth-order valence-corrected chi connectivity index (χ4v) is 2.13. The molecule has 1 saturated heterocycles. The van der Waals surface area contributed by atoms with E-state index < -0.39 is 0 Å². The van der Waals surface area contributed by atoms with Crippen molar-refractivity contribution in [1.82, 2.24) is 0 Å². The third kappa shape index (κ3) is 1.88. The molecule has 0 atom stereocenters. The molecule has 0 radical (unpaired) electrons. The van der Waals surface area contributed by atoms with Gasteiger partial charge < -0.3 is 9.64 Å². The summed E-state index contributed by atoms with van der Waals surface area (Å²) >= 11 is 5.82. The Balaban J connectivity index is 2.39. The molecule has 2 nitrogen and oxygen atoms in total. The van der Waals surface area contributed by atoms with Gasteiger partial charge in [0.2, 0.25) is 0 Å². The minimum absolute atomic E-state index is 0.140. The van der Waals surface area contributed by atoms with E-state index in [2.05, 4.69) is 0 Å². The second kappa shape index (κ2) is 4.27. The molecule has 1 aromatic carbocycles. The highest BCUT2D eigenvalue weighted by atomic mass is 35.5. The van der Waals surface area contributed by atoms with Crippen LogP contribution in [0.3, 0.4) is 0 Å². The zero-order valence-corrected chi connectivity index (χ0v) is 9.35. The molecule has 2 rings (SSSR count). The van der Waals surface area contributed by atoms with Gasteiger partial charge in [-0.25, -0.2) is 4.39 Å². The van der Waals surface area contributed by atoms with Gasteiger partial charge in [-0.15, -0.1) is 0 Å². The lowest BCUT2D eigenvalue weighted by Gasteiger charge is -2.19. The first-order valence-electron chi connectivity index (χ1n) is 5.01. The number of rotatable bonds is 2. The molecule has 0 aliphatic carbocycles. The first-order valence-corrected chi connectivity index (χ1v) is 5.39. The van der Waals surface area contributed by atoms with Crippen molar-refractivity contribution in [2.24, 2.45) is 0 Å². The second-order valence-electron chi connectivity index (χ2n) is 3.61. The minimum Gasteiger partial charge on any atom is -0.492 e. The molecule has 0 saturated carbocycles. The van der Waals surface area contributed by atoms with E-state index in [9.17, 15) is 4.39 Å². The molecule has 1 aromatic rings. The summed E-state index contributed by atoms with van der Waals surface area (Å²) in [4.78, 5) is 2.02.